The van der Waals surface area contributed by atoms with E-state index in [2.05, 4.69) is 56.5 Å². The van der Waals surface area contributed by atoms with E-state index in [1.165, 1.54) is 11.1 Å². The molecule has 1 aromatic heterocycles. The highest BCUT2D eigenvalue weighted by atomic mass is 16.2. The SMILES string of the molecule is CC(=NNC(=O)CN1CCN(Cc2ccc(C)cc2)CC1)c1ccncc1. The molecule has 2 aromatic rings. The third-order valence-corrected chi connectivity index (χ3v) is 4.81. The Bertz CT molecular complexity index is 765. The van der Waals surface area contributed by atoms with E-state index in [0.717, 1.165) is 44.0 Å². The minimum absolute atomic E-state index is 0.0737. The Morgan fingerprint density at radius 3 is 2.33 bits per heavy atom. The maximum absolute atomic E-state index is 12.2. The van der Waals surface area contributed by atoms with Crippen LogP contribution in [-0.2, 0) is 11.3 Å². The fourth-order valence-electron chi connectivity index (χ4n) is 3.10. The molecule has 1 N–H and O–H groups in total. The van der Waals surface area contributed by atoms with Gasteiger partial charge < -0.3 is 0 Å². The Morgan fingerprint density at radius 1 is 1.04 bits per heavy atom. The van der Waals surface area contributed by atoms with Crippen LogP contribution in [0.3, 0.4) is 0 Å². The number of aryl methyl sites for hydroxylation is 1. The molecule has 0 radical (unpaired) electrons. The molecule has 27 heavy (non-hydrogen) atoms. The van der Waals surface area contributed by atoms with Crippen molar-refractivity contribution in [1.29, 1.82) is 0 Å². The number of hydrogen-bond donors (Lipinski definition) is 1. The van der Waals surface area contributed by atoms with E-state index < -0.39 is 0 Å². The zero-order valence-electron chi connectivity index (χ0n) is 16.1. The molecule has 1 aliphatic heterocycles. The Balaban J connectivity index is 1.41. The van der Waals surface area contributed by atoms with E-state index >= 15 is 0 Å². The van der Waals surface area contributed by atoms with Crippen molar-refractivity contribution in [2.45, 2.75) is 20.4 Å². The third-order valence-electron chi connectivity index (χ3n) is 4.81. The monoisotopic (exact) mass is 365 g/mol. The highest BCUT2D eigenvalue weighted by molar-refractivity contribution is 5.99. The zero-order chi connectivity index (χ0) is 19.1. The first-order valence-electron chi connectivity index (χ1n) is 9.34. The first-order chi connectivity index (χ1) is 13.1. The number of carbonyl (C=O) groups is 1. The van der Waals surface area contributed by atoms with Crippen LogP contribution in [0.15, 0.2) is 53.9 Å². The van der Waals surface area contributed by atoms with Crippen molar-refractivity contribution in [3.8, 4) is 0 Å². The lowest BCUT2D eigenvalue weighted by Gasteiger charge is -2.34. The first-order valence-corrected chi connectivity index (χ1v) is 9.34. The molecule has 6 heteroatoms. The van der Waals surface area contributed by atoms with Crippen molar-refractivity contribution in [2.24, 2.45) is 5.10 Å². The summed E-state index contributed by atoms with van der Waals surface area (Å²) in [4.78, 5) is 20.8. The van der Waals surface area contributed by atoms with E-state index in [-0.39, 0.29) is 5.91 Å². The second kappa shape index (κ2) is 9.39. The van der Waals surface area contributed by atoms with Gasteiger partial charge in [0.25, 0.3) is 5.91 Å². The lowest BCUT2D eigenvalue weighted by molar-refractivity contribution is -0.122. The summed E-state index contributed by atoms with van der Waals surface area (Å²) in [5.41, 5.74) is 7.01. The van der Waals surface area contributed by atoms with Crippen molar-refractivity contribution in [2.75, 3.05) is 32.7 Å². The van der Waals surface area contributed by atoms with Gasteiger partial charge in [0.1, 0.15) is 0 Å². The molecule has 0 atom stereocenters. The van der Waals surface area contributed by atoms with Gasteiger partial charge in [-0.15, -0.1) is 0 Å². The molecular weight excluding hydrogens is 338 g/mol. The molecule has 142 valence electrons. The lowest BCUT2D eigenvalue weighted by atomic mass is 10.1. The van der Waals surface area contributed by atoms with Gasteiger partial charge >= 0.3 is 0 Å². The largest absolute Gasteiger partial charge is 0.297 e. The number of rotatable bonds is 6. The normalized spacial score (nSPS) is 16.3. The average molecular weight is 365 g/mol. The van der Waals surface area contributed by atoms with Gasteiger partial charge in [-0.3, -0.25) is 19.6 Å². The number of hydrazone groups is 1. The Hall–Kier alpha value is -2.57. The number of aromatic nitrogens is 1. The fourth-order valence-corrected chi connectivity index (χ4v) is 3.10. The van der Waals surface area contributed by atoms with E-state index in [1.807, 2.05) is 19.1 Å². The highest BCUT2D eigenvalue weighted by Crippen LogP contribution is 2.09. The van der Waals surface area contributed by atoms with Gasteiger partial charge in [0, 0.05) is 50.7 Å². The van der Waals surface area contributed by atoms with Gasteiger partial charge in [0.05, 0.1) is 12.3 Å². The fraction of sp³-hybridized carbons (Fsp3) is 0.381. The van der Waals surface area contributed by atoms with Gasteiger partial charge in [-0.2, -0.15) is 5.10 Å². The van der Waals surface area contributed by atoms with Crippen LogP contribution in [-0.4, -0.2) is 59.1 Å². The minimum atomic E-state index is -0.0737. The molecule has 2 heterocycles. The smallest absolute Gasteiger partial charge is 0.254 e. The van der Waals surface area contributed by atoms with Crippen LogP contribution in [0.25, 0.3) is 0 Å². The summed E-state index contributed by atoms with van der Waals surface area (Å²) < 4.78 is 0. The topological polar surface area (TPSA) is 60.8 Å². The quantitative estimate of drug-likeness (QED) is 0.629. The van der Waals surface area contributed by atoms with E-state index in [1.54, 1.807) is 12.4 Å². The molecule has 0 aliphatic carbocycles. The van der Waals surface area contributed by atoms with Gasteiger partial charge in [-0.1, -0.05) is 29.8 Å². The molecule has 1 aromatic carbocycles. The number of nitrogens with zero attached hydrogens (tertiary/aromatic N) is 4. The average Bonchev–Trinajstić information content (AvgIpc) is 2.70. The Morgan fingerprint density at radius 2 is 1.67 bits per heavy atom. The minimum Gasteiger partial charge on any atom is -0.297 e. The summed E-state index contributed by atoms with van der Waals surface area (Å²) in [6, 6.07) is 12.4. The van der Waals surface area contributed by atoms with Gasteiger partial charge in [-0.05, 0) is 31.5 Å². The van der Waals surface area contributed by atoms with E-state index in [4.69, 9.17) is 0 Å². The van der Waals surface area contributed by atoms with E-state index in [9.17, 15) is 4.79 Å². The Kier molecular flexibility index (Phi) is 6.68. The molecule has 0 unspecified atom stereocenters. The summed E-state index contributed by atoms with van der Waals surface area (Å²) in [5, 5.41) is 4.19. The van der Waals surface area contributed by atoms with Crippen molar-refractivity contribution in [1.82, 2.24) is 20.2 Å². The summed E-state index contributed by atoms with van der Waals surface area (Å²) in [7, 11) is 0. The number of hydrogen-bond acceptors (Lipinski definition) is 5. The number of benzene rings is 1. The van der Waals surface area contributed by atoms with Crippen LogP contribution in [0.5, 0.6) is 0 Å². The second-order valence-corrected chi connectivity index (χ2v) is 7.01. The molecule has 0 saturated carbocycles. The summed E-state index contributed by atoms with van der Waals surface area (Å²) in [6.07, 6.45) is 3.43. The first kappa shape index (κ1) is 19.2. The molecule has 1 fully saturated rings. The Labute approximate surface area is 160 Å². The van der Waals surface area contributed by atoms with Gasteiger partial charge in [-0.25, -0.2) is 5.43 Å². The predicted molar refractivity (Wildman–Crippen MR) is 107 cm³/mol. The molecule has 1 saturated heterocycles. The molecule has 1 amide bonds. The number of carbonyl (C=O) groups excluding carboxylic acids is 1. The number of piperazine rings is 1. The van der Waals surface area contributed by atoms with Crippen LogP contribution in [0.1, 0.15) is 23.6 Å². The number of nitrogens with one attached hydrogen (secondary N) is 1. The van der Waals surface area contributed by atoms with Crippen molar-refractivity contribution < 1.29 is 4.79 Å². The van der Waals surface area contributed by atoms with E-state index in [0.29, 0.717) is 6.54 Å². The predicted octanol–water partition coefficient (Wildman–Crippen LogP) is 2.05. The maximum Gasteiger partial charge on any atom is 0.254 e. The zero-order valence-corrected chi connectivity index (χ0v) is 16.1. The molecule has 0 bridgehead atoms. The summed E-state index contributed by atoms with van der Waals surface area (Å²) in [5.74, 6) is -0.0737. The molecule has 3 rings (SSSR count). The van der Waals surface area contributed by atoms with Crippen molar-refractivity contribution >= 4 is 11.6 Å². The second-order valence-electron chi connectivity index (χ2n) is 7.01. The van der Waals surface area contributed by atoms with Crippen molar-refractivity contribution in [3.63, 3.8) is 0 Å². The molecule has 0 spiro atoms. The lowest BCUT2D eigenvalue weighted by Crippen LogP contribution is -2.48. The number of amides is 1. The molecule has 1 aliphatic rings. The van der Waals surface area contributed by atoms with Crippen LogP contribution in [0.4, 0.5) is 0 Å². The summed E-state index contributed by atoms with van der Waals surface area (Å²) in [6.45, 7) is 9.07. The summed E-state index contributed by atoms with van der Waals surface area (Å²) >= 11 is 0. The van der Waals surface area contributed by atoms with Crippen LogP contribution >= 0.6 is 0 Å². The van der Waals surface area contributed by atoms with Gasteiger partial charge in [0.15, 0.2) is 0 Å². The number of pyridine rings is 1. The van der Waals surface area contributed by atoms with Gasteiger partial charge in [0.2, 0.25) is 0 Å². The third kappa shape index (κ3) is 5.98. The van der Waals surface area contributed by atoms with Crippen LogP contribution < -0.4 is 5.43 Å². The standard InChI is InChI=1S/C21H27N5O/c1-17-3-5-19(6-4-17)15-25-11-13-26(14-12-25)16-21(27)24-23-18(2)20-7-9-22-10-8-20/h3-10H,11-16H2,1-2H3,(H,24,27). The molecule has 6 nitrogen and oxygen atoms in total. The molecular formula is C21H27N5O. The van der Waals surface area contributed by atoms with Crippen LogP contribution in [0, 0.1) is 6.92 Å². The highest BCUT2D eigenvalue weighted by Gasteiger charge is 2.18. The van der Waals surface area contributed by atoms with Crippen LogP contribution in [0.2, 0.25) is 0 Å². The maximum atomic E-state index is 12.2. The van der Waals surface area contributed by atoms with Crippen molar-refractivity contribution in [3.05, 3.63) is 65.5 Å².